The van der Waals surface area contributed by atoms with E-state index in [4.69, 9.17) is 11.6 Å². The highest BCUT2D eigenvalue weighted by atomic mass is 35.5. The molecule has 0 amide bonds. The number of hydrogen-bond acceptors (Lipinski definition) is 1. The van der Waals surface area contributed by atoms with Crippen LogP contribution in [-0.4, -0.2) is 4.98 Å². The van der Waals surface area contributed by atoms with Crippen LogP contribution in [0, 0.1) is 0 Å². The summed E-state index contributed by atoms with van der Waals surface area (Å²) in [5, 5.41) is 0.0308. The van der Waals surface area contributed by atoms with Crippen LogP contribution in [0.5, 0.6) is 0 Å². The normalized spacial score (nSPS) is 12.4. The number of halogens is 1. The van der Waals surface area contributed by atoms with Gasteiger partial charge in [-0.3, -0.25) is 4.98 Å². The standard InChI is InChI=1S/C15H16ClN/c1-2-12-3-5-14(6-4-12)15(16)11-13-7-9-17-10-8-13/h3-10,15H,2,11H2,1H3. The first-order valence-corrected chi connectivity index (χ1v) is 6.35. The van der Waals surface area contributed by atoms with Gasteiger partial charge in [0.15, 0.2) is 0 Å². The molecule has 0 radical (unpaired) electrons. The summed E-state index contributed by atoms with van der Waals surface area (Å²) < 4.78 is 0. The smallest absolute Gasteiger partial charge is 0.0625 e. The van der Waals surface area contributed by atoms with Gasteiger partial charge in [0.05, 0.1) is 5.38 Å². The van der Waals surface area contributed by atoms with Crippen LogP contribution < -0.4 is 0 Å². The molecule has 0 spiro atoms. The third-order valence-corrected chi connectivity index (χ3v) is 3.32. The molecule has 0 saturated carbocycles. The van der Waals surface area contributed by atoms with Crippen molar-refractivity contribution in [3.05, 3.63) is 65.5 Å². The lowest BCUT2D eigenvalue weighted by atomic mass is 10.0. The Morgan fingerprint density at radius 1 is 1.00 bits per heavy atom. The minimum Gasteiger partial charge on any atom is -0.265 e. The molecule has 1 nitrogen and oxygen atoms in total. The summed E-state index contributed by atoms with van der Waals surface area (Å²) in [4.78, 5) is 4.01. The average Bonchev–Trinajstić information content (AvgIpc) is 2.40. The molecule has 0 saturated heterocycles. The molecule has 2 heteroatoms. The van der Waals surface area contributed by atoms with Gasteiger partial charge in [-0.25, -0.2) is 0 Å². The minimum absolute atomic E-state index is 0.0308. The maximum atomic E-state index is 6.42. The van der Waals surface area contributed by atoms with E-state index in [1.807, 2.05) is 12.1 Å². The zero-order chi connectivity index (χ0) is 12.1. The Morgan fingerprint density at radius 3 is 2.24 bits per heavy atom. The highest BCUT2D eigenvalue weighted by molar-refractivity contribution is 6.20. The molecule has 88 valence electrons. The van der Waals surface area contributed by atoms with Crippen LogP contribution in [-0.2, 0) is 12.8 Å². The zero-order valence-electron chi connectivity index (χ0n) is 9.94. The van der Waals surface area contributed by atoms with E-state index in [-0.39, 0.29) is 5.38 Å². The van der Waals surface area contributed by atoms with Gasteiger partial charge in [0.25, 0.3) is 0 Å². The summed E-state index contributed by atoms with van der Waals surface area (Å²) in [7, 11) is 0. The molecule has 0 aliphatic carbocycles. The van der Waals surface area contributed by atoms with Crippen molar-refractivity contribution in [2.45, 2.75) is 25.1 Å². The zero-order valence-corrected chi connectivity index (χ0v) is 10.7. The highest BCUT2D eigenvalue weighted by Crippen LogP contribution is 2.25. The molecule has 1 atom stereocenters. The SMILES string of the molecule is CCc1ccc(C(Cl)Cc2ccncc2)cc1. The van der Waals surface area contributed by atoms with Crippen molar-refractivity contribution in [2.75, 3.05) is 0 Å². The molecular formula is C15H16ClN. The number of hydrogen-bond donors (Lipinski definition) is 0. The second-order valence-corrected chi connectivity index (χ2v) is 4.65. The Morgan fingerprint density at radius 2 is 1.65 bits per heavy atom. The average molecular weight is 246 g/mol. The summed E-state index contributed by atoms with van der Waals surface area (Å²) in [6.45, 7) is 2.16. The minimum atomic E-state index is 0.0308. The predicted molar refractivity (Wildman–Crippen MR) is 72.4 cm³/mol. The fourth-order valence-corrected chi connectivity index (χ4v) is 2.13. The lowest BCUT2D eigenvalue weighted by molar-refractivity contribution is 0.914. The van der Waals surface area contributed by atoms with Crippen molar-refractivity contribution in [3.63, 3.8) is 0 Å². The van der Waals surface area contributed by atoms with E-state index in [0.717, 1.165) is 12.8 Å². The molecule has 0 N–H and O–H groups in total. The molecule has 1 aromatic carbocycles. The number of rotatable bonds is 4. The van der Waals surface area contributed by atoms with Crippen LogP contribution in [0.25, 0.3) is 0 Å². The summed E-state index contributed by atoms with van der Waals surface area (Å²) in [5.41, 5.74) is 3.75. The van der Waals surface area contributed by atoms with E-state index in [1.165, 1.54) is 16.7 Å². The van der Waals surface area contributed by atoms with Gasteiger partial charge in [-0.1, -0.05) is 31.2 Å². The number of pyridine rings is 1. The molecule has 1 heterocycles. The Kier molecular flexibility index (Phi) is 4.16. The molecule has 1 unspecified atom stereocenters. The van der Waals surface area contributed by atoms with E-state index in [2.05, 4.69) is 36.2 Å². The van der Waals surface area contributed by atoms with Crippen molar-refractivity contribution >= 4 is 11.6 Å². The largest absolute Gasteiger partial charge is 0.265 e. The summed E-state index contributed by atoms with van der Waals surface area (Å²) in [5.74, 6) is 0. The molecule has 1 aromatic heterocycles. The van der Waals surface area contributed by atoms with Crippen molar-refractivity contribution in [1.29, 1.82) is 0 Å². The predicted octanol–water partition coefficient (Wildman–Crippen LogP) is 4.17. The lowest BCUT2D eigenvalue weighted by Gasteiger charge is -2.10. The van der Waals surface area contributed by atoms with Gasteiger partial charge in [-0.2, -0.15) is 0 Å². The van der Waals surface area contributed by atoms with Gasteiger partial charge >= 0.3 is 0 Å². The Hall–Kier alpha value is -1.34. The summed E-state index contributed by atoms with van der Waals surface area (Å²) in [6, 6.07) is 12.6. The Balaban J connectivity index is 2.06. The first kappa shape index (κ1) is 12.1. The van der Waals surface area contributed by atoms with E-state index in [1.54, 1.807) is 12.4 Å². The van der Waals surface area contributed by atoms with Crippen LogP contribution in [0.4, 0.5) is 0 Å². The van der Waals surface area contributed by atoms with Crippen molar-refractivity contribution in [2.24, 2.45) is 0 Å². The molecule has 2 rings (SSSR count). The second-order valence-electron chi connectivity index (χ2n) is 4.12. The van der Waals surface area contributed by atoms with Crippen LogP contribution in [0.1, 0.15) is 29.0 Å². The molecular weight excluding hydrogens is 230 g/mol. The van der Waals surface area contributed by atoms with Crippen LogP contribution >= 0.6 is 11.6 Å². The van der Waals surface area contributed by atoms with E-state index >= 15 is 0 Å². The van der Waals surface area contributed by atoms with E-state index in [9.17, 15) is 0 Å². The number of nitrogens with zero attached hydrogens (tertiary/aromatic N) is 1. The van der Waals surface area contributed by atoms with Gasteiger partial charge in [-0.15, -0.1) is 11.6 Å². The number of aromatic nitrogens is 1. The monoisotopic (exact) mass is 245 g/mol. The van der Waals surface area contributed by atoms with E-state index < -0.39 is 0 Å². The first-order valence-electron chi connectivity index (χ1n) is 5.91. The fourth-order valence-electron chi connectivity index (χ4n) is 1.81. The van der Waals surface area contributed by atoms with Crippen molar-refractivity contribution in [3.8, 4) is 0 Å². The van der Waals surface area contributed by atoms with Crippen LogP contribution in [0.15, 0.2) is 48.8 Å². The molecule has 17 heavy (non-hydrogen) atoms. The second kappa shape index (κ2) is 5.83. The van der Waals surface area contributed by atoms with Crippen LogP contribution in [0.3, 0.4) is 0 Å². The van der Waals surface area contributed by atoms with Crippen molar-refractivity contribution in [1.82, 2.24) is 4.98 Å². The summed E-state index contributed by atoms with van der Waals surface area (Å²) >= 11 is 6.42. The molecule has 0 bridgehead atoms. The third-order valence-electron chi connectivity index (χ3n) is 2.91. The fraction of sp³-hybridized carbons (Fsp3) is 0.267. The van der Waals surface area contributed by atoms with Gasteiger partial charge < -0.3 is 0 Å². The quantitative estimate of drug-likeness (QED) is 0.737. The number of alkyl halides is 1. The summed E-state index contributed by atoms with van der Waals surface area (Å²) in [6.07, 6.45) is 5.52. The van der Waals surface area contributed by atoms with Crippen molar-refractivity contribution < 1.29 is 0 Å². The highest BCUT2D eigenvalue weighted by Gasteiger charge is 2.08. The number of benzene rings is 1. The molecule has 0 fully saturated rings. The molecule has 2 aromatic rings. The third kappa shape index (κ3) is 3.31. The first-order chi connectivity index (χ1) is 8.29. The van der Waals surface area contributed by atoms with Gasteiger partial charge in [-0.05, 0) is 41.7 Å². The lowest BCUT2D eigenvalue weighted by Crippen LogP contribution is -1.96. The Labute approximate surface area is 107 Å². The van der Waals surface area contributed by atoms with E-state index in [0.29, 0.717) is 0 Å². The maximum Gasteiger partial charge on any atom is 0.0625 e. The van der Waals surface area contributed by atoms with Gasteiger partial charge in [0.2, 0.25) is 0 Å². The van der Waals surface area contributed by atoms with Crippen LogP contribution in [0.2, 0.25) is 0 Å². The number of aryl methyl sites for hydroxylation is 1. The molecule has 0 aliphatic heterocycles. The Bertz CT molecular complexity index is 450. The van der Waals surface area contributed by atoms with Gasteiger partial charge in [0.1, 0.15) is 0 Å². The van der Waals surface area contributed by atoms with Gasteiger partial charge in [0, 0.05) is 12.4 Å². The topological polar surface area (TPSA) is 12.9 Å². The molecule has 0 aliphatic rings. The maximum absolute atomic E-state index is 6.42.